The Balaban J connectivity index is 2.54. The molecule has 2 rings (SSSR count). The van der Waals surface area contributed by atoms with Crippen LogP contribution < -0.4 is 0 Å². The first kappa shape index (κ1) is 27.1. The van der Waals surface area contributed by atoms with Crippen molar-refractivity contribution in [3.05, 3.63) is 23.8 Å². The highest BCUT2D eigenvalue weighted by Crippen LogP contribution is 2.55. The number of rotatable bonds is 4. The van der Waals surface area contributed by atoms with Crippen molar-refractivity contribution in [3.63, 3.8) is 0 Å². The fraction of sp³-hybridized carbons (Fsp3) is 0.731. The van der Waals surface area contributed by atoms with E-state index < -0.39 is 35.9 Å². The zero-order chi connectivity index (χ0) is 25.1. The van der Waals surface area contributed by atoms with Gasteiger partial charge in [0.15, 0.2) is 6.10 Å². The van der Waals surface area contributed by atoms with Gasteiger partial charge >= 0.3 is 17.9 Å². The molecule has 0 amide bonds. The molecule has 1 saturated carbocycles. The van der Waals surface area contributed by atoms with Gasteiger partial charge in [0.1, 0.15) is 11.7 Å². The fourth-order valence-electron chi connectivity index (χ4n) is 5.74. The van der Waals surface area contributed by atoms with E-state index in [1.807, 2.05) is 33.8 Å². The molecule has 0 bridgehead atoms. The number of aliphatic hydroxyl groups excluding tert-OH is 1. The van der Waals surface area contributed by atoms with Crippen LogP contribution in [0.4, 0.5) is 0 Å². The molecule has 0 heterocycles. The van der Waals surface area contributed by atoms with Gasteiger partial charge in [0.2, 0.25) is 0 Å². The van der Waals surface area contributed by atoms with Crippen LogP contribution in [-0.4, -0.2) is 46.9 Å². The molecule has 1 N–H and O–H groups in total. The first-order chi connectivity index (χ1) is 15.2. The number of esters is 3. The first-order valence-electron chi connectivity index (χ1n) is 11.7. The van der Waals surface area contributed by atoms with Crippen LogP contribution >= 0.6 is 0 Å². The number of carbonyl (C=O) groups is 3. The highest BCUT2D eigenvalue weighted by molar-refractivity contribution is 5.67. The summed E-state index contributed by atoms with van der Waals surface area (Å²) >= 11 is 0. The van der Waals surface area contributed by atoms with Gasteiger partial charge in [0.05, 0.1) is 6.10 Å². The Kier molecular flexibility index (Phi) is 8.55. The summed E-state index contributed by atoms with van der Waals surface area (Å²) in [5.41, 5.74) is -0.246. The van der Waals surface area contributed by atoms with E-state index in [2.05, 4.69) is 13.0 Å². The zero-order valence-electron chi connectivity index (χ0n) is 21.2. The summed E-state index contributed by atoms with van der Waals surface area (Å²) in [5, 5.41) is 11.4. The van der Waals surface area contributed by atoms with Gasteiger partial charge in [-0.2, -0.15) is 0 Å². The summed E-state index contributed by atoms with van der Waals surface area (Å²) in [7, 11) is 0. The van der Waals surface area contributed by atoms with Gasteiger partial charge in [0, 0.05) is 38.5 Å². The Morgan fingerprint density at radius 3 is 2.24 bits per heavy atom. The van der Waals surface area contributed by atoms with Crippen molar-refractivity contribution in [2.75, 3.05) is 0 Å². The van der Waals surface area contributed by atoms with Gasteiger partial charge in [-0.25, -0.2) is 0 Å². The molecule has 2 aliphatic rings. The summed E-state index contributed by atoms with van der Waals surface area (Å²) in [4.78, 5) is 35.4. The summed E-state index contributed by atoms with van der Waals surface area (Å²) in [6.07, 6.45) is 5.69. The lowest BCUT2D eigenvalue weighted by Gasteiger charge is -2.41. The molecule has 1 fully saturated rings. The van der Waals surface area contributed by atoms with Crippen LogP contribution in [-0.2, 0) is 28.6 Å². The molecule has 7 nitrogen and oxygen atoms in total. The Morgan fingerprint density at radius 2 is 1.70 bits per heavy atom. The average molecular weight is 465 g/mol. The van der Waals surface area contributed by atoms with Crippen molar-refractivity contribution in [2.24, 2.45) is 23.2 Å². The molecular formula is C26H40O7. The molecule has 0 aromatic rings. The number of hydrogen-bond acceptors (Lipinski definition) is 7. The van der Waals surface area contributed by atoms with E-state index in [1.54, 1.807) is 6.08 Å². The van der Waals surface area contributed by atoms with Gasteiger partial charge in [-0.3, -0.25) is 14.4 Å². The number of hydrogen-bond donors (Lipinski definition) is 1. The molecule has 0 radical (unpaired) electrons. The van der Waals surface area contributed by atoms with Crippen molar-refractivity contribution in [2.45, 2.75) is 98.6 Å². The van der Waals surface area contributed by atoms with E-state index in [4.69, 9.17) is 14.2 Å². The van der Waals surface area contributed by atoms with Crippen LogP contribution in [0.5, 0.6) is 0 Å². The van der Waals surface area contributed by atoms with Crippen molar-refractivity contribution in [3.8, 4) is 0 Å². The lowest BCUT2D eigenvalue weighted by molar-refractivity contribution is -0.164. The molecule has 0 unspecified atom stereocenters. The predicted molar refractivity (Wildman–Crippen MR) is 124 cm³/mol. The van der Waals surface area contributed by atoms with Gasteiger partial charge in [-0.1, -0.05) is 31.6 Å². The van der Waals surface area contributed by atoms with E-state index in [0.717, 1.165) is 18.4 Å². The van der Waals surface area contributed by atoms with Crippen molar-refractivity contribution in [1.29, 1.82) is 0 Å². The van der Waals surface area contributed by atoms with Crippen LogP contribution in [0.25, 0.3) is 0 Å². The maximum Gasteiger partial charge on any atom is 0.303 e. The second kappa shape index (κ2) is 10.4. The largest absolute Gasteiger partial charge is 0.460 e. The van der Waals surface area contributed by atoms with Crippen LogP contribution in [0.15, 0.2) is 23.8 Å². The standard InChI is InChI=1S/C26H40O7/c1-15-13-21(30)23-20(25(6,7)33-19(5)29)10-12-26(23,8)11-9-16(2)24(32-18(4)28)22(14-15)31-17(3)27/h9,11,14,16,20-24,30H,10,12-13H2,1-8H3/b11-9+,15-14+/t16-,20-,21+,22-,23-,24-,26+/m1/s1. The Labute approximate surface area is 197 Å². The predicted octanol–water partition coefficient (Wildman–Crippen LogP) is 4.13. The van der Waals surface area contributed by atoms with Crippen LogP contribution in [0.2, 0.25) is 0 Å². The number of fused-ring (bicyclic) bond motifs is 1. The quantitative estimate of drug-likeness (QED) is 0.379. The van der Waals surface area contributed by atoms with Gasteiger partial charge in [-0.05, 0) is 51.5 Å². The SMILES string of the molecule is CC(=O)O[C@@H]1[C@H](C)/C=C/[C@@]2(C)CC[C@@H](C(C)(C)OC(C)=O)[C@@H]2[C@@H](O)C/C(C)=C/[C@H]1OC(C)=O. The third-order valence-electron chi connectivity index (χ3n) is 7.11. The molecule has 2 aliphatic carbocycles. The Bertz CT molecular complexity index is 811. The summed E-state index contributed by atoms with van der Waals surface area (Å²) in [6.45, 7) is 13.8. The third kappa shape index (κ3) is 6.69. The summed E-state index contributed by atoms with van der Waals surface area (Å²) in [6, 6.07) is 0. The molecule has 0 aromatic heterocycles. The highest BCUT2D eigenvalue weighted by Gasteiger charge is 2.53. The van der Waals surface area contributed by atoms with Crippen molar-refractivity contribution >= 4 is 17.9 Å². The summed E-state index contributed by atoms with van der Waals surface area (Å²) < 4.78 is 16.8. The molecule has 0 saturated heterocycles. The molecule has 33 heavy (non-hydrogen) atoms. The van der Waals surface area contributed by atoms with E-state index in [1.165, 1.54) is 20.8 Å². The molecule has 0 aromatic carbocycles. The minimum atomic E-state index is -0.766. The third-order valence-corrected chi connectivity index (χ3v) is 7.11. The number of ether oxygens (including phenoxy) is 3. The zero-order valence-corrected chi connectivity index (χ0v) is 21.2. The normalized spacial score (nSPS) is 37.5. The highest BCUT2D eigenvalue weighted by atomic mass is 16.6. The Morgan fingerprint density at radius 1 is 1.09 bits per heavy atom. The molecule has 186 valence electrons. The van der Waals surface area contributed by atoms with Crippen LogP contribution in [0.3, 0.4) is 0 Å². The van der Waals surface area contributed by atoms with E-state index in [-0.39, 0.29) is 29.1 Å². The molecule has 7 heteroatoms. The van der Waals surface area contributed by atoms with Crippen LogP contribution in [0.1, 0.15) is 74.7 Å². The van der Waals surface area contributed by atoms with Gasteiger partial charge in [0.25, 0.3) is 0 Å². The monoisotopic (exact) mass is 464 g/mol. The van der Waals surface area contributed by atoms with Crippen LogP contribution in [0, 0.1) is 23.2 Å². The molecule has 0 aliphatic heterocycles. The average Bonchev–Trinajstić information content (AvgIpc) is 3.00. The van der Waals surface area contributed by atoms with Crippen molar-refractivity contribution < 1.29 is 33.7 Å². The minimum Gasteiger partial charge on any atom is -0.460 e. The lowest BCUT2D eigenvalue weighted by Crippen LogP contribution is -2.45. The lowest BCUT2D eigenvalue weighted by atomic mass is 9.68. The number of carbonyl (C=O) groups excluding carboxylic acids is 3. The fourth-order valence-corrected chi connectivity index (χ4v) is 5.74. The second-order valence-electron chi connectivity index (χ2n) is 10.5. The number of allylic oxidation sites excluding steroid dienone is 1. The smallest absolute Gasteiger partial charge is 0.303 e. The Hall–Kier alpha value is -2.15. The summed E-state index contributed by atoms with van der Waals surface area (Å²) in [5.74, 6) is -1.70. The van der Waals surface area contributed by atoms with Crippen molar-refractivity contribution in [1.82, 2.24) is 0 Å². The van der Waals surface area contributed by atoms with E-state index >= 15 is 0 Å². The maximum absolute atomic E-state index is 11.8. The molecule has 7 atom stereocenters. The number of aliphatic hydroxyl groups is 1. The van der Waals surface area contributed by atoms with Gasteiger partial charge in [-0.15, -0.1) is 0 Å². The van der Waals surface area contributed by atoms with E-state index in [0.29, 0.717) is 6.42 Å². The van der Waals surface area contributed by atoms with E-state index in [9.17, 15) is 19.5 Å². The minimum absolute atomic E-state index is 0.0385. The first-order valence-corrected chi connectivity index (χ1v) is 11.7. The molecular weight excluding hydrogens is 424 g/mol. The topological polar surface area (TPSA) is 99.1 Å². The maximum atomic E-state index is 11.8. The second-order valence-corrected chi connectivity index (χ2v) is 10.5. The van der Waals surface area contributed by atoms with Gasteiger partial charge < -0.3 is 19.3 Å². The molecule has 0 spiro atoms.